The molecule has 1 aliphatic heterocycles. The Morgan fingerprint density at radius 2 is 2.19 bits per heavy atom. The fourth-order valence-electron chi connectivity index (χ4n) is 2.64. The molecule has 21 heavy (non-hydrogen) atoms. The number of nitrogens with zero attached hydrogens (tertiary/aromatic N) is 1. The molecule has 2 aromatic rings. The Hall–Kier alpha value is -1.42. The van der Waals surface area contributed by atoms with Gasteiger partial charge in [-0.3, -0.25) is 0 Å². The SMILES string of the molecule is CC(C)(C)c1csc(CC(F)c2cccc3c2NCC3)n1. The summed E-state index contributed by atoms with van der Waals surface area (Å²) in [6, 6.07) is 5.92. The van der Waals surface area contributed by atoms with E-state index in [0.717, 1.165) is 34.9 Å². The lowest BCUT2D eigenvalue weighted by molar-refractivity contribution is 0.342. The molecule has 1 aromatic carbocycles. The van der Waals surface area contributed by atoms with Crippen molar-refractivity contribution in [1.29, 1.82) is 0 Å². The number of halogens is 1. The van der Waals surface area contributed by atoms with Crippen LogP contribution in [0.4, 0.5) is 10.1 Å². The normalized spacial score (nSPS) is 15.6. The molecule has 112 valence electrons. The van der Waals surface area contributed by atoms with Crippen LogP contribution in [0.25, 0.3) is 0 Å². The van der Waals surface area contributed by atoms with E-state index in [1.807, 2.05) is 12.1 Å². The highest BCUT2D eigenvalue weighted by atomic mass is 32.1. The number of hydrogen-bond donors (Lipinski definition) is 1. The minimum absolute atomic E-state index is 0.0239. The van der Waals surface area contributed by atoms with E-state index < -0.39 is 6.17 Å². The van der Waals surface area contributed by atoms with Gasteiger partial charge in [-0.1, -0.05) is 39.0 Å². The lowest BCUT2D eigenvalue weighted by Crippen LogP contribution is -2.11. The van der Waals surface area contributed by atoms with E-state index in [-0.39, 0.29) is 5.41 Å². The summed E-state index contributed by atoms with van der Waals surface area (Å²) < 4.78 is 14.7. The van der Waals surface area contributed by atoms with Gasteiger partial charge in [-0.15, -0.1) is 11.3 Å². The zero-order valence-electron chi connectivity index (χ0n) is 12.7. The highest BCUT2D eigenvalue weighted by Crippen LogP contribution is 2.35. The molecule has 2 heterocycles. The monoisotopic (exact) mass is 304 g/mol. The minimum atomic E-state index is -0.996. The van der Waals surface area contributed by atoms with E-state index in [1.54, 1.807) is 11.3 Å². The van der Waals surface area contributed by atoms with Crippen molar-refractivity contribution in [2.75, 3.05) is 11.9 Å². The van der Waals surface area contributed by atoms with Crippen LogP contribution < -0.4 is 5.32 Å². The second kappa shape index (κ2) is 5.41. The molecule has 0 radical (unpaired) electrons. The number of para-hydroxylation sites is 1. The van der Waals surface area contributed by atoms with Crippen LogP contribution in [0, 0.1) is 0 Å². The average Bonchev–Trinajstić information content (AvgIpc) is 3.05. The fourth-order valence-corrected chi connectivity index (χ4v) is 3.69. The van der Waals surface area contributed by atoms with Crippen LogP contribution in [0.1, 0.15) is 48.8 Å². The van der Waals surface area contributed by atoms with Gasteiger partial charge < -0.3 is 5.32 Å². The summed E-state index contributed by atoms with van der Waals surface area (Å²) in [7, 11) is 0. The van der Waals surface area contributed by atoms with Crippen molar-refractivity contribution in [2.45, 2.75) is 45.2 Å². The Labute approximate surface area is 129 Å². The number of nitrogens with one attached hydrogen (secondary N) is 1. The highest BCUT2D eigenvalue weighted by Gasteiger charge is 2.23. The standard InChI is InChI=1S/C17H21FN2S/c1-17(2,3)14-10-21-15(20-14)9-13(18)12-6-4-5-11-7-8-19-16(11)12/h4-6,10,13,19H,7-9H2,1-3H3. The third-order valence-corrected chi connectivity index (χ3v) is 4.76. The Bertz CT molecular complexity index is 642. The molecule has 0 saturated carbocycles. The largest absolute Gasteiger partial charge is 0.384 e. The van der Waals surface area contributed by atoms with Crippen LogP contribution in [0.5, 0.6) is 0 Å². The summed E-state index contributed by atoms with van der Waals surface area (Å²) in [4.78, 5) is 4.60. The third kappa shape index (κ3) is 2.95. The van der Waals surface area contributed by atoms with Crippen LogP contribution in [0.2, 0.25) is 0 Å². The average molecular weight is 304 g/mol. The second-order valence-electron chi connectivity index (χ2n) is 6.61. The number of thiazole rings is 1. The van der Waals surface area contributed by atoms with E-state index in [9.17, 15) is 4.39 Å². The molecule has 3 rings (SSSR count). The molecule has 0 bridgehead atoms. The van der Waals surface area contributed by atoms with Crippen LogP contribution in [0.3, 0.4) is 0 Å². The van der Waals surface area contributed by atoms with E-state index >= 15 is 0 Å². The van der Waals surface area contributed by atoms with Gasteiger partial charge in [0.15, 0.2) is 0 Å². The molecule has 0 aliphatic carbocycles. The molecule has 0 spiro atoms. The Morgan fingerprint density at radius 3 is 2.90 bits per heavy atom. The van der Waals surface area contributed by atoms with Gasteiger partial charge in [-0.05, 0) is 12.0 Å². The summed E-state index contributed by atoms with van der Waals surface area (Å²) in [5.41, 5.74) is 4.07. The first-order valence-electron chi connectivity index (χ1n) is 7.40. The summed E-state index contributed by atoms with van der Waals surface area (Å²) in [5, 5.41) is 6.24. The smallest absolute Gasteiger partial charge is 0.133 e. The Morgan fingerprint density at radius 1 is 1.38 bits per heavy atom. The molecule has 0 amide bonds. The first-order chi connectivity index (χ1) is 9.95. The van der Waals surface area contributed by atoms with E-state index in [1.165, 1.54) is 5.56 Å². The third-order valence-electron chi connectivity index (χ3n) is 3.89. The van der Waals surface area contributed by atoms with Gasteiger partial charge in [0.1, 0.15) is 6.17 Å². The minimum Gasteiger partial charge on any atom is -0.384 e. The van der Waals surface area contributed by atoms with Crippen LogP contribution in [-0.2, 0) is 18.3 Å². The Kier molecular flexibility index (Phi) is 3.74. The lowest BCUT2D eigenvalue weighted by Gasteiger charge is -2.15. The van der Waals surface area contributed by atoms with Crippen molar-refractivity contribution in [3.8, 4) is 0 Å². The summed E-state index contributed by atoms with van der Waals surface area (Å²) in [6.45, 7) is 7.30. The predicted molar refractivity (Wildman–Crippen MR) is 87.0 cm³/mol. The number of hydrogen-bond acceptors (Lipinski definition) is 3. The topological polar surface area (TPSA) is 24.9 Å². The molecule has 1 atom stereocenters. The van der Waals surface area contributed by atoms with Crippen molar-refractivity contribution in [3.05, 3.63) is 45.4 Å². The summed E-state index contributed by atoms with van der Waals surface area (Å²) >= 11 is 1.56. The predicted octanol–water partition coefficient (Wildman–Crippen LogP) is 4.66. The molecule has 1 N–H and O–H groups in total. The van der Waals surface area contributed by atoms with Gasteiger partial charge in [-0.25, -0.2) is 9.37 Å². The summed E-state index contributed by atoms with van der Waals surface area (Å²) in [5.74, 6) is 0. The first-order valence-corrected chi connectivity index (χ1v) is 8.28. The van der Waals surface area contributed by atoms with Crippen LogP contribution >= 0.6 is 11.3 Å². The maximum Gasteiger partial charge on any atom is 0.133 e. The van der Waals surface area contributed by atoms with Crippen molar-refractivity contribution in [2.24, 2.45) is 0 Å². The van der Waals surface area contributed by atoms with Gasteiger partial charge in [-0.2, -0.15) is 0 Å². The molecule has 1 aromatic heterocycles. The quantitative estimate of drug-likeness (QED) is 0.892. The molecule has 1 unspecified atom stereocenters. The number of fused-ring (bicyclic) bond motifs is 1. The second-order valence-corrected chi connectivity index (χ2v) is 7.55. The highest BCUT2D eigenvalue weighted by molar-refractivity contribution is 7.09. The van der Waals surface area contributed by atoms with E-state index in [2.05, 4.69) is 42.5 Å². The lowest BCUT2D eigenvalue weighted by atomic mass is 9.93. The molecule has 4 heteroatoms. The molecule has 2 nitrogen and oxygen atoms in total. The molecule has 0 saturated heterocycles. The summed E-state index contributed by atoms with van der Waals surface area (Å²) in [6.07, 6.45) is 0.352. The van der Waals surface area contributed by atoms with Crippen molar-refractivity contribution in [3.63, 3.8) is 0 Å². The van der Waals surface area contributed by atoms with Crippen molar-refractivity contribution in [1.82, 2.24) is 4.98 Å². The van der Waals surface area contributed by atoms with Gasteiger partial charge >= 0.3 is 0 Å². The number of rotatable bonds is 3. The number of alkyl halides is 1. The van der Waals surface area contributed by atoms with Crippen LogP contribution in [-0.4, -0.2) is 11.5 Å². The van der Waals surface area contributed by atoms with Crippen molar-refractivity contribution >= 4 is 17.0 Å². The van der Waals surface area contributed by atoms with E-state index in [4.69, 9.17) is 0 Å². The van der Waals surface area contributed by atoms with E-state index in [0.29, 0.717) is 6.42 Å². The molecule has 0 fully saturated rings. The number of aromatic nitrogens is 1. The van der Waals surface area contributed by atoms with Gasteiger partial charge in [0.25, 0.3) is 0 Å². The zero-order valence-corrected chi connectivity index (χ0v) is 13.6. The van der Waals surface area contributed by atoms with Gasteiger partial charge in [0.2, 0.25) is 0 Å². The molecule has 1 aliphatic rings. The number of benzene rings is 1. The zero-order chi connectivity index (χ0) is 15.0. The molecular formula is C17H21FN2S. The van der Waals surface area contributed by atoms with Gasteiger partial charge in [0.05, 0.1) is 10.7 Å². The Balaban J connectivity index is 1.79. The number of anilines is 1. The first kappa shape index (κ1) is 14.5. The maximum atomic E-state index is 14.7. The van der Waals surface area contributed by atoms with Crippen LogP contribution in [0.15, 0.2) is 23.6 Å². The van der Waals surface area contributed by atoms with Crippen molar-refractivity contribution < 1.29 is 4.39 Å². The van der Waals surface area contributed by atoms with Gasteiger partial charge in [0, 0.05) is 35.0 Å². The maximum absolute atomic E-state index is 14.7. The molecular weight excluding hydrogens is 283 g/mol. The fraction of sp³-hybridized carbons (Fsp3) is 0.471.